The second kappa shape index (κ2) is 6.65. The van der Waals surface area contributed by atoms with E-state index in [1.165, 1.54) is 6.08 Å². The number of hydrogen-bond acceptors (Lipinski definition) is 4. The fraction of sp³-hybridized carbons (Fsp3) is 0.0588. The van der Waals surface area contributed by atoms with Crippen LogP contribution in [0.1, 0.15) is 5.56 Å². The molecule has 0 aromatic carbocycles. The Hall–Kier alpha value is -3.28. The molecule has 0 spiro atoms. The molecule has 23 heavy (non-hydrogen) atoms. The molecule has 0 saturated heterocycles. The van der Waals surface area contributed by atoms with E-state index in [1.807, 2.05) is 30.3 Å². The molecule has 1 amide bonds. The lowest BCUT2D eigenvalue weighted by Gasteiger charge is -2.01. The first-order chi connectivity index (χ1) is 11.2. The van der Waals surface area contributed by atoms with Crippen molar-refractivity contribution in [1.29, 1.82) is 0 Å². The number of aryl methyl sites for hydroxylation is 1. The molecule has 0 atom stereocenters. The molecule has 0 bridgehead atoms. The fourth-order valence-corrected chi connectivity index (χ4v) is 2.06. The van der Waals surface area contributed by atoms with Crippen molar-refractivity contribution in [3.05, 3.63) is 66.8 Å². The van der Waals surface area contributed by atoms with Crippen molar-refractivity contribution in [2.24, 2.45) is 7.05 Å². The Morgan fingerprint density at radius 3 is 2.74 bits per heavy atom. The maximum absolute atomic E-state index is 12.0. The van der Waals surface area contributed by atoms with Gasteiger partial charge in [-0.3, -0.25) is 19.4 Å². The number of anilines is 1. The number of amides is 1. The van der Waals surface area contributed by atoms with Gasteiger partial charge in [0.25, 0.3) is 0 Å². The summed E-state index contributed by atoms with van der Waals surface area (Å²) >= 11 is 0. The zero-order chi connectivity index (χ0) is 16.1. The Kier molecular flexibility index (Phi) is 4.24. The van der Waals surface area contributed by atoms with E-state index in [2.05, 4.69) is 20.4 Å². The Morgan fingerprint density at radius 2 is 2.00 bits per heavy atom. The average Bonchev–Trinajstić information content (AvgIpc) is 2.95. The van der Waals surface area contributed by atoms with Gasteiger partial charge in [-0.25, -0.2) is 0 Å². The van der Waals surface area contributed by atoms with Crippen LogP contribution in [0.5, 0.6) is 0 Å². The summed E-state index contributed by atoms with van der Waals surface area (Å²) in [5.41, 5.74) is 2.59. The highest BCUT2D eigenvalue weighted by molar-refractivity contribution is 6.01. The van der Waals surface area contributed by atoms with Crippen LogP contribution in [0.15, 0.2) is 61.2 Å². The molecule has 0 unspecified atom stereocenters. The molecule has 1 N–H and O–H groups in total. The van der Waals surface area contributed by atoms with E-state index in [-0.39, 0.29) is 5.91 Å². The van der Waals surface area contributed by atoms with Gasteiger partial charge in [0.2, 0.25) is 5.91 Å². The van der Waals surface area contributed by atoms with Gasteiger partial charge in [-0.1, -0.05) is 6.07 Å². The molecule has 0 aliphatic carbocycles. The molecule has 6 nitrogen and oxygen atoms in total. The summed E-state index contributed by atoms with van der Waals surface area (Å²) in [6, 6.07) is 9.26. The normalized spacial score (nSPS) is 10.8. The van der Waals surface area contributed by atoms with Crippen LogP contribution >= 0.6 is 0 Å². The van der Waals surface area contributed by atoms with E-state index in [4.69, 9.17) is 0 Å². The minimum Gasteiger partial charge on any atom is -0.307 e. The van der Waals surface area contributed by atoms with Gasteiger partial charge in [0.05, 0.1) is 5.69 Å². The van der Waals surface area contributed by atoms with Crippen molar-refractivity contribution < 1.29 is 4.79 Å². The number of nitrogens with one attached hydrogen (secondary N) is 1. The third kappa shape index (κ3) is 3.68. The SMILES string of the molecule is Cn1nc(-c2ccncc2)cc1NC(=O)/C=C/c1cccnc1. The highest BCUT2D eigenvalue weighted by Gasteiger charge is 2.08. The predicted octanol–water partition coefficient (Wildman–Crippen LogP) is 2.53. The zero-order valence-electron chi connectivity index (χ0n) is 12.5. The lowest BCUT2D eigenvalue weighted by molar-refractivity contribution is -0.111. The first-order valence-corrected chi connectivity index (χ1v) is 7.06. The number of hydrogen-bond donors (Lipinski definition) is 1. The first kappa shape index (κ1) is 14.6. The van der Waals surface area contributed by atoms with E-state index in [1.54, 1.807) is 42.6 Å². The van der Waals surface area contributed by atoms with Crippen LogP contribution in [0.3, 0.4) is 0 Å². The van der Waals surface area contributed by atoms with Gasteiger partial charge in [0.15, 0.2) is 0 Å². The minimum atomic E-state index is -0.224. The molecule has 6 heteroatoms. The summed E-state index contributed by atoms with van der Waals surface area (Å²) in [6.45, 7) is 0. The maximum atomic E-state index is 12.0. The van der Waals surface area contributed by atoms with Crippen molar-refractivity contribution in [3.63, 3.8) is 0 Å². The molecule has 0 fully saturated rings. The molecule has 0 aliphatic heterocycles. The molecule has 3 aromatic rings. The van der Waals surface area contributed by atoms with Crippen molar-refractivity contribution in [1.82, 2.24) is 19.7 Å². The molecule has 0 aliphatic rings. The number of rotatable bonds is 4. The van der Waals surface area contributed by atoms with Crippen LogP contribution in [0.2, 0.25) is 0 Å². The summed E-state index contributed by atoms with van der Waals surface area (Å²) in [4.78, 5) is 20.0. The van der Waals surface area contributed by atoms with E-state index < -0.39 is 0 Å². The summed E-state index contributed by atoms with van der Waals surface area (Å²) in [7, 11) is 1.78. The third-order valence-corrected chi connectivity index (χ3v) is 3.22. The summed E-state index contributed by atoms with van der Waals surface area (Å²) < 4.78 is 1.63. The van der Waals surface area contributed by atoms with Crippen molar-refractivity contribution in [3.8, 4) is 11.3 Å². The topological polar surface area (TPSA) is 72.7 Å². The van der Waals surface area contributed by atoms with Gasteiger partial charge in [0.1, 0.15) is 5.82 Å². The van der Waals surface area contributed by atoms with Crippen molar-refractivity contribution in [2.75, 3.05) is 5.32 Å². The summed E-state index contributed by atoms with van der Waals surface area (Å²) in [5, 5.41) is 7.20. The first-order valence-electron chi connectivity index (χ1n) is 7.06. The number of aromatic nitrogens is 4. The van der Waals surface area contributed by atoms with Gasteiger partial charge in [-0.15, -0.1) is 0 Å². The molecule has 0 radical (unpaired) electrons. The number of carbonyl (C=O) groups excluding carboxylic acids is 1. The van der Waals surface area contributed by atoms with Crippen LogP contribution < -0.4 is 5.32 Å². The second-order valence-corrected chi connectivity index (χ2v) is 4.88. The molecule has 0 saturated carbocycles. The van der Waals surface area contributed by atoms with Gasteiger partial charge >= 0.3 is 0 Å². The zero-order valence-corrected chi connectivity index (χ0v) is 12.5. The molecule has 3 heterocycles. The quantitative estimate of drug-likeness (QED) is 0.752. The highest BCUT2D eigenvalue weighted by Crippen LogP contribution is 2.20. The highest BCUT2D eigenvalue weighted by atomic mass is 16.1. The van der Waals surface area contributed by atoms with E-state index >= 15 is 0 Å². The van der Waals surface area contributed by atoms with E-state index in [9.17, 15) is 4.79 Å². The molecular formula is C17H15N5O. The van der Waals surface area contributed by atoms with Crippen LogP contribution in [0.25, 0.3) is 17.3 Å². The van der Waals surface area contributed by atoms with Crippen LogP contribution in [-0.2, 0) is 11.8 Å². The number of nitrogens with zero attached hydrogens (tertiary/aromatic N) is 4. The van der Waals surface area contributed by atoms with Crippen LogP contribution in [0.4, 0.5) is 5.82 Å². The van der Waals surface area contributed by atoms with Crippen molar-refractivity contribution >= 4 is 17.8 Å². The Labute approximate surface area is 133 Å². The van der Waals surface area contributed by atoms with Gasteiger partial charge in [-0.05, 0) is 29.8 Å². The number of pyridine rings is 2. The van der Waals surface area contributed by atoms with E-state index in [0.717, 1.165) is 16.8 Å². The monoisotopic (exact) mass is 305 g/mol. The molecule has 114 valence electrons. The second-order valence-electron chi connectivity index (χ2n) is 4.88. The Morgan fingerprint density at radius 1 is 1.17 bits per heavy atom. The Balaban J connectivity index is 1.72. The molecule has 3 rings (SSSR count). The average molecular weight is 305 g/mol. The van der Waals surface area contributed by atoms with Crippen LogP contribution in [-0.4, -0.2) is 25.7 Å². The minimum absolute atomic E-state index is 0.224. The number of carbonyl (C=O) groups is 1. The fourth-order valence-electron chi connectivity index (χ4n) is 2.06. The lowest BCUT2D eigenvalue weighted by atomic mass is 10.2. The van der Waals surface area contributed by atoms with E-state index in [0.29, 0.717) is 5.82 Å². The predicted molar refractivity (Wildman–Crippen MR) is 88.3 cm³/mol. The van der Waals surface area contributed by atoms with Gasteiger partial charge < -0.3 is 5.32 Å². The lowest BCUT2D eigenvalue weighted by Crippen LogP contribution is -2.11. The maximum Gasteiger partial charge on any atom is 0.249 e. The smallest absolute Gasteiger partial charge is 0.249 e. The van der Waals surface area contributed by atoms with Crippen LogP contribution in [0, 0.1) is 0 Å². The standard InChI is InChI=1S/C17H15N5O/c1-22-16(11-15(21-22)14-6-9-18-10-7-14)20-17(23)5-4-13-3-2-8-19-12-13/h2-12H,1H3,(H,20,23)/b5-4+. The summed E-state index contributed by atoms with van der Waals surface area (Å²) in [6.07, 6.45) is 9.97. The molecule has 3 aromatic heterocycles. The largest absolute Gasteiger partial charge is 0.307 e. The summed E-state index contributed by atoms with van der Waals surface area (Å²) in [5.74, 6) is 0.399. The van der Waals surface area contributed by atoms with Gasteiger partial charge in [-0.2, -0.15) is 5.10 Å². The van der Waals surface area contributed by atoms with Gasteiger partial charge in [0, 0.05) is 49.5 Å². The Bertz CT molecular complexity index is 825. The third-order valence-electron chi connectivity index (χ3n) is 3.22. The molecular weight excluding hydrogens is 290 g/mol. The van der Waals surface area contributed by atoms with Crippen molar-refractivity contribution in [2.45, 2.75) is 0 Å².